The topological polar surface area (TPSA) is 131 Å². The van der Waals surface area contributed by atoms with Gasteiger partial charge in [-0.1, -0.05) is 193 Å². The summed E-state index contributed by atoms with van der Waals surface area (Å²) < 4.78 is 22.1. The second-order valence-corrected chi connectivity index (χ2v) is 15.7. The molecule has 292 valence electrons. The minimum absolute atomic E-state index is 0.0812. The van der Waals surface area contributed by atoms with E-state index in [-0.39, 0.29) is 25.7 Å². The summed E-state index contributed by atoms with van der Waals surface area (Å²) in [6.45, 7) is 4.14. The van der Waals surface area contributed by atoms with E-state index < -0.39 is 20.0 Å². The highest BCUT2D eigenvalue weighted by molar-refractivity contribution is 7.47. The van der Waals surface area contributed by atoms with E-state index in [1.807, 2.05) is 6.08 Å². The van der Waals surface area contributed by atoms with Crippen molar-refractivity contribution in [3.63, 3.8) is 0 Å². The maximum Gasteiger partial charge on any atom is 0.472 e. The lowest BCUT2D eigenvalue weighted by atomic mass is 10.0. The molecular weight excluding hydrogens is 635 g/mol. The van der Waals surface area contributed by atoms with Crippen LogP contribution >= 0.6 is 7.82 Å². The largest absolute Gasteiger partial charge is 0.472 e. The van der Waals surface area contributed by atoms with E-state index in [1.54, 1.807) is 6.08 Å². The van der Waals surface area contributed by atoms with Crippen LogP contribution in [0.2, 0.25) is 0 Å². The number of phosphoric acid groups is 1. The molecule has 1 amide bonds. The van der Waals surface area contributed by atoms with Gasteiger partial charge in [-0.05, 0) is 19.3 Å². The monoisotopic (exact) mass is 717 g/mol. The van der Waals surface area contributed by atoms with Crippen molar-refractivity contribution in [2.75, 3.05) is 19.8 Å². The van der Waals surface area contributed by atoms with Crippen LogP contribution in [0.15, 0.2) is 12.2 Å². The lowest BCUT2D eigenvalue weighted by Gasteiger charge is -2.23. The zero-order chi connectivity index (χ0) is 36.1. The van der Waals surface area contributed by atoms with Crippen molar-refractivity contribution in [2.45, 2.75) is 219 Å². The fourth-order valence-electron chi connectivity index (χ4n) is 6.19. The van der Waals surface area contributed by atoms with Crippen LogP contribution < -0.4 is 11.1 Å². The molecule has 0 heterocycles. The number of amides is 1. The molecule has 0 spiro atoms. The van der Waals surface area contributed by atoms with Gasteiger partial charge < -0.3 is 21.1 Å². The summed E-state index contributed by atoms with van der Waals surface area (Å²) in [5, 5.41) is 13.6. The minimum atomic E-state index is -4.33. The van der Waals surface area contributed by atoms with Crippen molar-refractivity contribution in [3.8, 4) is 0 Å². The smallest absolute Gasteiger partial charge is 0.387 e. The van der Waals surface area contributed by atoms with Gasteiger partial charge >= 0.3 is 7.82 Å². The zero-order valence-electron chi connectivity index (χ0n) is 32.2. The van der Waals surface area contributed by atoms with Gasteiger partial charge in [0.25, 0.3) is 0 Å². The third kappa shape index (κ3) is 35.4. The first-order valence-corrected chi connectivity index (χ1v) is 22.3. The number of unbranched alkanes of at least 4 members (excludes halogenated alkanes) is 27. The fourth-order valence-corrected chi connectivity index (χ4v) is 6.95. The summed E-state index contributed by atoms with van der Waals surface area (Å²) in [5.41, 5.74) is 5.36. The summed E-state index contributed by atoms with van der Waals surface area (Å²) in [6, 6.07) is -0.853. The first-order valence-electron chi connectivity index (χ1n) is 20.8. The van der Waals surface area contributed by atoms with E-state index in [0.29, 0.717) is 6.42 Å². The normalized spacial score (nSPS) is 14.3. The first kappa shape index (κ1) is 48.2. The van der Waals surface area contributed by atoms with Crippen molar-refractivity contribution in [2.24, 2.45) is 5.73 Å². The maximum absolute atomic E-state index is 12.7. The van der Waals surface area contributed by atoms with Crippen LogP contribution in [0.25, 0.3) is 0 Å². The first-order chi connectivity index (χ1) is 23.9. The van der Waals surface area contributed by atoms with Gasteiger partial charge in [-0.2, -0.15) is 0 Å². The third-order valence-corrected chi connectivity index (χ3v) is 10.3. The Hall–Kier alpha value is -0.760. The quantitative estimate of drug-likeness (QED) is 0.0283. The molecule has 5 N–H and O–H groups in total. The maximum atomic E-state index is 12.7. The van der Waals surface area contributed by atoms with Gasteiger partial charge in [-0.15, -0.1) is 0 Å². The molecule has 0 bridgehead atoms. The Labute approximate surface area is 303 Å². The van der Waals surface area contributed by atoms with Crippen LogP contribution in [0.5, 0.6) is 0 Å². The van der Waals surface area contributed by atoms with Gasteiger partial charge in [0, 0.05) is 13.0 Å². The number of carbonyl (C=O) groups excluding carboxylic acids is 1. The minimum Gasteiger partial charge on any atom is -0.387 e. The number of rotatable bonds is 39. The number of aliphatic hydroxyl groups is 1. The Balaban J connectivity index is 4.20. The fraction of sp³-hybridized carbons (Fsp3) is 0.925. The highest BCUT2D eigenvalue weighted by Crippen LogP contribution is 2.43. The SMILES string of the molecule is CCCCCCCCCCCCC/C=C/[C@@H](O)[C@H](COP(=O)(O)OCCN)NC(=O)CCCCCCCCCCCCCCCCCCC. The zero-order valence-corrected chi connectivity index (χ0v) is 33.1. The molecule has 0 rings (SSSR count). The van der Waals surface area contributed by atoms with Crippen molar-refractivity contribution >= 4 is 13.7 Å². The number of nitrogens with one attached hydrogen (secondary N) is 1. The summed E-state index contributed by atoms with van der Waals surface area (Å²) >= 11 is 0. The molecule has 0 saturated heterocycles. The lowest BCUT2D eigenvalue weighted by Crippen LogP contribution is -2.45. The number of aliphatic hydroxyl groups excluding tert-OH is 1. The number of hydrogen-bond donors (Lipinski definition) is 4. The van der Waals surface area contributed by atoms with Gasteiger partial charge in [-0.3, -0.25) is 13.8 Å². The Morgan fingerprint density at radius 1 is 0.653 bits per heavy atom. The molecule has 8 nitrogen and oxygen atoms in total. The number of phosphoric ester groups is 1. The standard InChI is InChI=1S/C40H81N2O6P/c1-3-5-7-9-11-13-15-17-18-19-20-22-24-26-28-30-32-34-40(44)42-38(37-48-49(45,46)47-36-35-41)39(43)33-31-29-27-25-23-21-16-14-12-10-8-6-4-2/h31,33,38-39,43H,3-30,32,34-37,41H2,1-2H3,(H,42,44)(H,45,46)/b33-31+/t38-,39+/m0/s1. The van der Waals surface area contributed by atoms with Crippen LogP contribution in [-0.2, 0) is 18.4 Å². The molecule has 9 heteroatoms. The molecule has 0 saturated carbocycles. The number of allylic oxidation sites excluding steroid dienone is 1. The van der Waals surface area contributed by atoms with E-state index in [2.05, 4.69) is 19.2 Å². The Kier molecular flexibility index (Phi) is 36.4. The van der Waals surface area contributed by atoms with Crippen molar-refractivity contribution in [3.05, 3.63) is 12.2 Å². The van der Waals surface area contributed by atoms with E-state index >= 15 is 0 Å². The predicted molar refractivity (Wildman–Crippen MR) is 208 cm³/mol. The molecule has 0 radical (unpaired) electrons. The third-order valence-electron chi connectivity index (χ3n) is 9.36. The van der Waals surface area contributed by atoms with Crippen LogP contribution in [-0.4, -0.2) is 47.8 Å². The molecule has 0 aromatic rings. The highest BCUT2D eigenvalue weighted by Gasteiger charge is 2.26. The molecule has 0 aliphatic rings. The Bertz CT molecular complexity index is 784. The second kappa shape index (κ2) is 37.0. The van der Waals surface area contributed by atoms with Gasteiger partial charge in [0.05, 0.1) is 25.4 Å². The van der Waals surface area contributed by atoms with Crippen molar-refractivity contribution in [1.82, 2.24) is 5.32 Å². The second-order valence-electron chi connectivity index (χ2n) is 14.2. The summed E-state index contributed by atoms with van der Waals surface area (Å²) in [7, 11) is -4.33. The van der Waals surface area contributed by atoms with E-state index in [0.717, 1.165) is 38.5 Å². The molecule has 0 aliphatic carbocycles. The molecule has 3 atom stereocenters. The van der Waals surface area contributed by atoms with Crippen LogP contribution in [0.4, 0.5) is 0 Å². The Morgan fingerprint density at radius 2 is 1.04 bits per heavy atom. The van der Waals surface area contributed by atoms with Crippen molar-refractivity contribution in [1.29, 1.82) is 0 Å². The van der Waals surface area contributed by atoms with E-state index in [1.165, 1.54) is 148 Å². The molecule has 0 aliphatic heterocycles. The van der Waals surface area contributed by atoms with Gasteiger partial charge in [0.15, 0.2) is 0 Å². The molecule has 49 heavy (non-hydrogen) atoms. The van der Waals surface area contributed by atoms with Gasteiger partial charge in [0.2, 0.25) is 5.91 Å². The highest BCUT2D eigenvalue weighted by atomic mass is 31.2. The predicted octanol–water partition coefficient (Wildman–Crippen LogP) is 11.2. The van der Waals surface area contributed by atoms with E-state index in [9.17, 15) is 19.4 Å². The van der Waals surface area contributed by atoms with Crippen molar-refractivity contribution < 1.29 is 28.4 Å². The summed E-state index contributed by atoms with van der Waals surface area (Å²) in [5.74, 6) is -0.192. The van der Waals surface area contributed by atoms with Crippen LogP contribution in [0.1, 0.15) is 206 Å². The van der Waals surface area contributed by atoms with Gasteiger partial charge in [-0.25, -0.2) is 4.57 Å². The van der Waals surface area contributed by atoms with Crippen LogP contribution in [0, 0.1) is 0 Å². The molecular formula is C40H81N2O6P. The molecule has 0 aromatic heterocycles. The number of nitrogens with two attached hydrogens (primary N) is 1. The average Bonchev–Trinajstić information content (AvgIpc) is 3.09. The Morgan fingerprint density at radius 3 is 1.45 bits per heavy atom. The molecule has 1 unspecified atom stereocenters. The number of carbonyl (C=O) groups is 1. The molecule has 0 fully saturated rings. The lowest BCUT2D eigenvalue weighted by molar-refractivity contribution is -0.123. The average molecular weight is 717 g/mol. The van der Waals surface area contributed by atoms with Crippen LogP contribution in [0.3, 0.4) is 0 Å². The summed E-state index contributed by atoms with van der Waals surface area (Å²) in [4.78, 5) is 22.6. The van der Waals surface area contributed by atoms with E-state index in [4.69, 9.17) is 14.8 Å². The number of hydrogen-bond acceptors (Lipinski definition) is 6. The summed E-state index contributed by atoms with van der Waals surface area (Å²) in [6.07, 6.45) is 39.7. The van der Waals surface area contributed by atoms with Gasteiger partial charge in [0.1, 0.15) is 0 Å². The molecule has 0 aromatic carbocycles.